The number of carbonyl (C=O) groups is 1. The van der Waals surface area contributed by atoms with Crippen LogP contribution in [0.5, 0.6) is 0 Å². The van der Waals surface area contributed by atoms with Gasteiger partial charge in [0.15, 0.2) is 0 Å². The molecule has 0 saturated carbocycles. The zero-order chi connectivity index (χ0) is 18.1. The molecule has 1 aliphatic rings. The van der Waals surface area contributed by atoms with Crippen molar-refractivity contribution < 1.29 is 13.2 Å². The Morgan fingerprint density at radius 2 is 2.20 bits per heavy atom. The lowest BCUT2D eigenvalue weighted by molar-refractivity contribution is -0.121. The number of aromatic nitrogens is 1. The monoisotopic (exact) mass is 365 g/mol. The number of nitrogens with zero attached hydrogens (tertiary/aromatic N) is 2. The highest BCUT2D eigenvalue weighted by Gasteiger charge is 2.18. The van der Waals surface area contributed by atoms with Crippen molar-refractivity contribution >= 4 is 15.9 Å². The average Bonchev–Trinajstić information content (AvgIpc) is 2.59. The highest BCUT2D eigenvalue weighted by atomic mass is 32.2. The molecule has 1 aliphatic carbocycles. The van der Waals surface area contributed by atoms with E-state index in [0.29, 0.717) is 6.54 Å². The second-order valence-electron chi connectivity index (χ2n) is 6.42. The zero-order valence-corrected chi connectivity index (χ0v) is 15.6. The Bertz CT molecular complexity index is 687. The Kier molecular flexibility index (Phi) is 7.58. The molecule has 0 fully saturated rings. The van der Waals surface area contributed by atoms with E-state index in [0.717, 1.165) is 31.1 Å². The minimum absolute atomic E-state index is 0.115. The van der Waals surface area contributed by atoms with Gasteiger partial charge in [0.05, 0.1) is 6.26 Å². The lowest BCUT2D eigenvalue weighted by Crippen LogP contribution is -2.34. The fourth-order valence-corrected chi connectivity index (χ4v) is 3.67. The Morgan fingerprint density at radius 3 is 2.84 bits per heavy atom. The van der Waals surface area contributed by atoms with Crippen LogP contribution in [-0.2, 0) is 21.4 Å². The van der Waals surface area contributed by atoms with E-state index in [1.54, 1.807) is 18.5 Å². The summed E-state index contributed by atoms with van der Waals surface area (Å²) in [6.45, 7) is 1.02. The lowest BCUT2D eigenvalue weighted by Gasteiger charge is -2.19. The minimum atomic E-state index is -3.38. The summed E-state index contributed by atoms with van der Waals surface area (Å²) >= 11 is 0. The number of carbonyl (C=O) groups excluding carboxylic acids is 1. The fraction of sp³-hybridized carbons (Fsp3) is 0.556. The third-order valence-electron chi connectivity index (χ3n) is 4.29. The molecular formula is C18H27N3O3S. The Labute approximate surface area is 150 Å². The van der Waals surface area contributed by atoms with E-state index >= 15 is 0 Å². The predicted molar refractivity (Wildman–Crippen MR) is 98.3 cm³/mol. The van der Waals surface area contributed by atoms with Gasteiger partial charge < -0.3 is 5.32 Å². The van der Waals surface area contributed by atoms with E-state index in [1.807, 2.05) is 6.07 Å². The summed E-state index contributed by atoms with van der Waals surface area (Å²) in [5.74, 6) is -0.115. The van der Waals surface area contributed by atoms with Crippen molar-refractivity contribution in [3.8, 4) is 0 Å². The number of allylic oxidation sites excluding steroid dienone is 1. The predicted octanol–water partition coefficient (Wildman–Crippen LogP) is 2.24. The molecule has 1 amide bonds. The molecule has 0 radical (unpaired) electrons. The molecule has 0 bridgehead atoms. The molecule has 25 heavy (non-hydrogen) atoms. The van der Waals surface area contributed by atoms with Gasteiger partial charge in [0.2, 0.25) is 15.9 Å². The van der Waals surface area contributed by atoms with Crippen LogP contribution in [-0.4, -0.2) is 43.0 Å². The van der Waals surface area contributed by atoms with E-state index in [9.17, 15) is 13.2 Å². The van der Waals surface area contributed by atoms with Crippen LogP contribution < -0.4 is 5.32 Å². The van der Waals surface area contributed by atoms with E-state index in [-0.39, 0.29) is 25.4 Å². The summed E-state index contributed by atoms with van der Waals surface area (Å²) in [5.41, 5.74) is 2.22. The molecule has 0 spiro atoms. The standard InChI is InChI=1S/C18H27N3O3S/c1-25(23,24)21(15-17-8-5-11-19-14-17)13-10-18(22)20-12-9-16-6-3-2-4-7-16/h5-6,8,11,14H,2-4,7,9-10,12-13,15H2,1H3,(H,20,22). The minimum Gasteiger partial charge on any atom is -0.356 e. The molecule has 0 aromatic carbocycles. The van der Waals surface area contributed by atoms with Crippen molar-refractivity contribution in [1.82, 2.24) is 14.6 Å². The Morgan fingerprint density at radius 1 is 1.36 bits per heavy atom. The van der Waals surface area contributed by atoms with Gasteiger partial charge in [0.1, 0.15) is 0 Å². The number of rotatable bonds is 9. The summed E-state index contributed by atoms with van der Waals surface area (Å²) in [6, 6.07) is 3.59. The molecule has 7 heteroatoms. The first kappa shape index (κ1) is 19.6. The molecule has 1 heterocycles. The molecule has 1 aromatic heterocycles. The normalized spacial score (nSPS) is 15.0. The van der Waals surface area contributed by atoms with Gasteiger partial charge in [-0.15, -0.1) is 0 Å². The molecule has 0 aliphatic heterocycles. The molecule has 138 valence electrons. The second kappa shape index (κ2) is 9.68. The van der Waals surface area contributed by atoms with Gasteiger partial charge in [-0.25, -0.2) is 8.42 Å². The number of nitrogens with one attached hydrogen (secondary N) is 1. The summed E-state index contributed by atoms with van der Waals surface area (Å²) in [4.78, 5) is 16.0. The second-order valence-corrected chi connectivity index (χ2v) is 8.40. The summed E-state index contributed by atoms with van der Waals surface area (Å²) in [6.07, 6.45) is 12.5. The van der Waals surface area contributed by atoms with Gasteiger partial charge in [-0.05, 0) is 43.7 Å². The first-order chi connectivity index (χ1) is 11.9. The van der Waals surface area contributed by atoms with Crippen molar-refractivity contribution in [3.63, 3.8) is 0 Å². The third kappa shape index (κ3) is 7.36. The molecule has 6 nitrogen and oxygen atoms in total. The van der Waals surface area contributed by atoms with Crippen LogP contribution in [0.4, 0.5) is 0 Å². The molecule has 0 saturated heterocycles. The maximum absolute atomic E-state index is 12.0. The molecular weight excluding hydrogens is 338 g/mol. The van der Waals surface area contributed by atoms with E-state index < -0.39 is 10.0 Å². The number of sulfonamides is 1. The van der Waals surface area contributed by atoms with Crippen LogP contribution in [0, 0.1) is 0 Å². The van der Waals surface area contributed by atoms with Crippen molar-refractivity contribution in [2.75, 3.05) is 19.3 Å². The molecule has 2 rings (SSSR count). The SMILES string of the molecule is CS(=O)(=O)N(CCC(=O)NCCC1=CCCCC1)Cc1cccnc1. The molecule has 0 atom stereocenters. The quantitative estimate of drug-likeness (QED) is 0.681. The van der Waals surface area contributed by atoms with E-state index in [4.69, 9.17) is 0 Å². The smallest absolute Gasteiger partial charge is 0.221 e. The van der Waals surface area contributed by atoms with Crippen molar-refractivity contribution in [1.29, 1.82) is 0 Å². The van der Waals surface area contributed by atoms with Gasteiger partial charge in [0, 0.05) is 38.4 Å². The Balaban J connectivity index is 1.77. The van der Waals surface area contributed by atoms with Crippen LogP contribution >= 0.6 is 0 Å². The number of hydrogen-bond donors (Lipinski definition) is 1. The summed E-state index contributed by atoms with van der Waals surface area (Å²) in [5, 5.41) is 2.89. The molecule has 1 N–H and O–H groups in total. The van der Waals surface area contributed by atoms with Gasteiger partial charge in [-0.2, -0.15) is 4.31 Å². The van der Waals surface area contributed by atoms with E-state index in [1.165, 1.54) is 22.7 Å². The number of pyridine rings is 1. The van der Waals surface area contributed by atoms with Gasteiger partial charge >= 0.3 is 0 Å². The summed E-state index contributed by atoms with van der Waals surface area (Å²) < 4.78 is 25.2. The van der Waals surface area contributed by atoms with E-state index in [2.05, 4.69) is 16.4 Å². The van der Waals surface area contributed by atoms with Crippen LogP contribution in [0.15, 0.2) is 36.2 Å². The van der Waals surface area contributed by atoms with Crippen molar-refractivity contribution in [3.05, 3.63) is 41.7 Å². The number of hydrogen-bond acceptors (Lipinski definition) is 4. The average molecular weight is 365 g/mol. The summed E-state index contributed by atoms with van der Waals surface area (Å²) in [7, 11) is -3.38. The largest absolute Gasteiger partial charge is 0.356 e. The lowest BCUT2D eigenvalue weighted by atomic mass is 9.97. The fourth-order valence-electron chi connectivity index (χ4n) is 2.87. The topological polar surface area (TPSA) is 79.4 Å². The molecule has 1 aromatic rings. The van der Waals surface area contributed by atoms with Crippen molar-refractivity contribution in [2.45, 2.75) is 45.1 Å². The van der Waals surface area contributed by atoms with Crippen LogP contribution in [0.25, 0.3) is 0 Å². The van der Waals surface area contributed by atoms with Crippen LogP contribution in [0.2, 0.25) is 0 Å². The zero-order valence-electron chi connectivity index (χ0n) is 14.8. The van der Waals surface area contributed by atoms with Gasteiger partial charge in [-0.1, -0.05) is 17.7 Å². The highest BCUT2D eigenvalue weighted by Crippen LogP contribution is 2.19. The van der Waals surface area contributed by atoms with Gasteiger partial charge in [0.25, 0.3) is 0 Å². The first-order valence-corrected chi connectivity index (χ1v) is 10.6. The molecule has 0 unspecified atom stereocenters. The highest BCUT2D eigenvalue weighted by molar-refractivity contribution is 7.88. The Hall–Kier alpha value is -1.73. The third-order valence-corrected chi connectivity index (χ3v) is 5.54. The first-order valence-electron chi connectivity index (χ1n) is 8.74. The maximum Gasteiger partial charge on any atom is 0.221 e. The van der Waals surface area contributed by atoms with Crippen LogP contribution in [0.3, 0.4) is 0 Å². The number of amides is 1. The maximum atomic E-state index is 12.0. The van der Waals surface area contributed by atoms with Crippen molar-refractivity contribution in [2.24, 2.45) is 0 Å². The van der Waals surface area contributed by atoms with Gasteiger partial charge in [-0.3, -0.25) is 9.78 Å². The van der Waals surface area contributed by atoms with Crippen LogP contribution in [0.1, 0.15) is 44.1 Å².